The number of aromatic nitrogens is 3. The Kier molecular flexibility index (Phi) is 4.42. The van der Waals surface area contributed by atoms with Gasteiger partial charge in [-0.3, -0.25) is 9.59 Å². The molecule has 3 rings (SSSR count). The topological polar surface area (TPSA) is 96.6 Å². The fraction of sp³-hybridized carbons (Fsp3) is 0.176. The smallest absolute Gasteiger partial charge is 0.305 e. The van der Waals surface area contributed by atoms with Crippen molar-refractivity contribution in [3.63, 3.8) is 0 Å². The summed E-state index contributed by atoms with van der Waals surface area (Å²) in [5.74, 6) is -1.51. The summed E-state index contributed by atoms with van der Waals surface area (Å²) in [4.78, 5) is 27.8. The fourth-order valence-corrected chi connectivity index (χ4v) is 2.52. The van der Waals surface area contributed by atoms with Gasteiger partial charge in [0, 0.05) is 6.20 Å². The van der Waals surface area contributed by atoms with Gasteiger partial charge < -0.3 is 10.4 Å². The van der Waals surface area contributed by atoms with Crippen LogP contribution in [0.25, 0.3) is 5.65 Å². The normalized spacial score (nSPS) is 12.1. The van der Waals surface area contributed by atoms with E-state index in [4.69, 9.17) is 5.11 Å². The van der Waals surface area contributed by atoms with Crippen molar-refractivity contribution in [2.24, 2.45) is 0 Å². The Morgan fingerprint density at radius 3 is 2.84 bits per heavy atom. The molecule has 1 aromatic carbocycles. The van der Waals surface area contributed by atoms with Gasteiger partial charge in [0.2, 0.25) is 0 Å². The van der Waals surface area contributed by atoms with Gasteiger partial charge in [0.15, 0.2) is 5.65 Å². The SMILES string of the molecule is Cc1nc2ccc(C(=O)NC(CC(=O)O)c3cccc(F)c3)cn2n1. The number of carboxylic acids is 1. The fourth-order valence-electron chi connectivity index (χ4n) is 2.52. The number of halogens is 1. The number of nitrogens with zero attached hydrogens (tertiary/aromatic N) is 3. The van der Waals surface area contributed by atoms with Crippen molar-refractivity contribution >= 4 is 17.5 Å². The Bertz CT molecular complexity index is 954. The van der Waals surface area contributed by atoms with Crippen molar-refractivity contribution in [2.75, 3.05) is 0 Å². The minimum atomic E-state index is -1.10. The van der Waals surface area contributed by atoms with E-state index in [1.807, 2.05) is 0 Å². The van der Waals surface area contributed by atoms with Crippen LogP contribution in [0.1, 0.15) is 34.2 Å². The van der Waals surface area contributed by atoms with Crippen LogP contribution in [0.3, 0.4) is 0 Å². The van der Waals surface area contributed by atoms with Crippen LogP contribution in [0.4, 0.5) is 4.39 Å². The maximum atomic E-state index is 13.4. The Labute approximate surface area is 142 Å². The molecule has 0 aliphatic heterocycles. The zero-order valence-corrected chi connectivity index (χ0v) is 13.3. The van der Waals surface area contributed by atoms with Crippen molar-refractivity contribution in [3.8, 4) is 0 Å². The lowest BCUT2D eigenvalue weighted by Crippen LogP contribution is -2.30. The van der Waals surface area contributed by atoms with E-state index in [9.17, 15) is 14.0 Å². The zero-order chi connectivity index (χ0) is 18.0. The van der Waals surface area contributed by atoms with Gasteiger partial charge in [-0.15, -0.1) is 0 Å². The second-order valence-electron chi connectivity index (χ2n) is 5.56. The van der Waals surface area contributed by atoms with Crippen molar-refractivity contribution in [3.05, 3.63) is 65.4 Å². The van der Waals surface area contributed by atoms with Gasteiger partial charge in [-0.1, -0.05) is 12.1 Å². The van der Waals surface area contributed by atoms with E-state index in [-0.39, 0.29) is 6.42 Å². The molecule has 8 heteroatoms. The average molecular weight is 342 g/mol. The third-order valence-electron chi connectivity index (χ3n) is 3.63. The van der Waals surface area contributed by atoms with Crippen LogP contribution in [0.5, 0.6) is 0 Å². The lowest BCUT2D eigenvalue weighted by Gasteiger charge is -2.17. The molecule has 0 bridgehead atoms. The molecule has 0 saturated carbocycles. The first kappa shape index (κ1) is 16.6. The number of pyridine rings is 1. The molecule has 25 heavy (non-hydrogen) atoms. The van der Waals surface area contributed by atoms with Crippen molar-refractivity contribution in [1.29, 1.82) is 0 Å². The summed E-state index contributed by atoms with van der Waals surface area (Å²) in [5, 5.41) is 15.8. The second-order valence-corrected chi connectivity index (χ2v) is 5.56. The van der Waals surface area contributed by atoms with Crippen LogP contribution in [0, 0.1) is 12.7 Å². The Morgan fingerprint density at radius 2 is 2.12 bits per heavy atom. The first-order valence-corrected chi connectivity index (χ1v) is 7.53. The molecule has 1 amide bonds. The predicted molar refractivity (Wildman–Crippen MR) is 86.6 cm³/mol. The van der Waals surface area contributed by atoms with Gasteiger partial charge in [0.1, 0.15) is 11.6 Å². The number of benzene rings is 1. The average Bonchev–Trinajstić information content (AvgIpc) is 2.92. The summed E-state index contributed by atoms with van der Waals surface area (Å²) in [7, 11) is 0. The van der Waals surface area contributed by atoms with E-state index in [2.05, 4.69) is 15.4 Å². The number of hydrogen-bond donors (Lipinski definition) is 2. The summed E-state index contributed by atoms with van der Waals surface area (Å²) in [6.45, 7) is 1.74. The molecule has 1 atom stereocenters. The van der Waals surface area contributed by atoms with E-state index >= 15 is 0 Å². The van der Waals surface area contributed by atoms with Gasteiger partial charge in [-0.2, -0.15) is 5.10 Å². The number of carboxylic acid groups (broad SMARTS) is 1. The molecule has 0 spiro atoms. The number of amides is 1. The van der Waals surface area contributed by atoms with Gasteiger partial charge in [0.05, 0.1) is 18.0 Å². The van der Waals surface area contributed by atoms with Crippen molar-refractivity contribution < 1.29 is 19.1 Å². The predicted octanol–water partition coefficient (Wildman–Crippen LogP) is 2.12. The molecular weight excluding hydrogens is 327 g/mol. The van der Waals surface area contributed by atoms with Crippen molar-refractivity contribution in [2.45, 2.75) is 19.4 Å². The maximum absolute atomic E-state index is 13.4. The van der Waals surface area contributed by atoms with Crippen LogP contribution < -0.4 is 5.32 Å². The number of hydrogen-bond acceptors (Lipinski definition) is 4. The van der Waals surface area contributed by atoms with Gasteiger partial charge in [-0.25, -0.2) is 13.9 Å². The molecule has 2 aromatic heterocycles. The molecule has 0 fully saturated rings. The molecule has 2 heterocycles. The van der Waals surface area contributed by atoms with Crippen LogP contribution in [-0.4, -0.2) is 31.6 Å². The minimum Gasteiger partial charge on any atom is -0.481 e. The number of aryl methyl sites for hydroxylation is 1. The Balaban J connectivity index is 1.86. The summed E-state index contributed by atoms with van der Waals surface area (Å²) >= 11 is 0. The van der Waals surface area contributed by atoms with Crippen LogP contribution >= 0.6 is 0 Å². The largest absolute Gasteiger partial charge is 0.481 e. The highest BCUT2D eigenvalue weighted by atomic mass is 19.1. The number of nitrogens with one attached hydrogen (secondary N) is 1. The van der Waals surface area contributed by atoms with E-state index in [0.29, 0.717) is 22.6 Å². The van der Waals surface area contributed by atoms with Gasteiger partial charge in [0.25, 0.3) is 5.91 Å². The molecule has 0 aliphatic rings. The lowest BCUT2D eigenvalue weighted by molar-refractivity contribution is -0.137. The molecule has 7 nitrogen and oxygen atoms in total. The highest BCUT2D eigenvalue weighted by Crippen LogP contribution is 2.19. The molecule has 0 radical (unpaired) electrons. The van der Waals surface area contributed by atoms with E-state index in [1.165, 1.54) is 28.9 Å². The first-order chi connectivity index (χ1) is 11.9. The molecule has 2 N–H and O–H groups in total. The van der Waals surface area contributed by atoms with Gasteiger partial charge >= 0.3 is 5.97 Å². The highest BCUT2D eigenvalue weighted by Gasteiger charge is 2.20. The highest BCUT2D eigenvalue weighted by molar-refractivity contribution is 5.94. The molecule has 128 valence electrons. The first-order valence-electron chi connectivity index (χ1n) is 7.53. The van der Waals surface area contributed by atoms with Crippen molar-refractivity contribution in [1.82, 2.24) is 19.9 Å². The molecule has 0 saturated heterocycles. The number of carbonyl (C=O) groups is 2. The number of aliphatic carboxylic acids is 1. The maximum Gasteiger partial charge on any atom is 0.305 e. The van der Waals surface area contributed by atoms with Crippen LogP contribution in [-0.2, 0) is 4.79 Å². The minimum absolute atomic E-state index is 0.296. The van der Waals surface area contributed by atoms with Crippen LogP contribution in [0.15, 0.2) is 42.6 Å². The number of carbonyl (C=O) groups excluding carboxylic acids is 1. The zero-order valence-electron chi connectivity index (χ0n) is 13.3. The summed E-state index contributed by atoms with van der Waals surface area (Å²) in [6, 6.07) is 7.86. The molecular formula is C17H15FN4O3. The Morgan fingerprint density at radius 1 is 1.32 bits per heavy atom. The standard InChI is InChI=1S/C17H15FN4O3/c1-10-19-15-6-5-12(9-22(15)21-10)17(25)20-14(8-16(23)24)11-3-2-4-13(18)7-11/h2-7,9,14H,8H2,1H3,(H,20,25)(H,23,24). The quantitative estimate of drug-likeness (QED) is 0.740. The summed E-state index contributed by atoms with van der Waals surface area (Å²) < 4.78 is 14.9. The van der Waals surface area contributed by atoms with E-state index in [1.54, 1.807) is 25.1 Å². The van der Waals surface area contributed by atoms with E-state index in [0.717, 1.165) is 0 Å². The lowest BCUT2D eigenvalue weighted by atomic mass is 10.0. The molecule has 0 aliphatic carbocycles. The Hall–Kier alpha value is -3.29. The monoisotopic (exact) mass is 342 g/mol. The van der Waals surface area contributed by atoms with Gasteiger partial charge in [-0.05, 0) is 36.8 Å². The third kappa shape index (κ3) is 3.79. The second kappa shape index (κ2) is 6.68. The third-order valence-corrected chi connectivity index (χ3v) is 3.63. The molecule has 1 unspecified atom stereocenters. The van der Waals surface area contributed by atoms with E-state index < -0.39 is 23.7 Å². The number of rotatable bonds is 5. The summed E-state index contributed by atoms with van der Waals surface area (Å²) in [5.41, 5.74) is 1.28. The van der Waals surface area contributed by atoms with Crippen LogP contribution in [0.2, 0.25) is 0 Å². The molecule has 3 aromatic rings. The summed E-state index contributed by atoms with van der Waals surface area (Å²) in [6.07, 6.45) is 1.15. The number of fused-ring (bicyclic) bond motifs is 1.